The van der Waals surface area contributed by atoms with Crippen LogP contribution >= 0.6 is 0 Å². The van der Waals surface area contributed by atoms with Gasteiger partial charge in [-0.2, -0.15) is 17.2 Å². The Morgan fingerprint density at radius 3 is 2.19 bits per heavy atom. The average molecular weight is 260 g/mol. The first-order valence-electron chi connectivity index (χ1n) is 5.24. The Balaban J connectivity index is 2.60. The summed E-state index contributed by atoms with van der Waals surface area (Å²) in [5.41, 5.74) is 0. The van der Waals surface area contributed by atoms with Crippen molar-refractivity contribution in [3.8, 4) is 0 Å². The fourth-order valence-corrected chi connectivity index (χ4v) is 2.43. The van der Waals surface area contributed by atoms with E-state index in [1.54, 1.807) is 0 Å². The number of halogens is 3. The highest BCUT2D eigenvalue weighted by atomic mass is 32.2. The number of hydrogen-bond donors (Lipinski definition) is 1. The monoisotopic (exact) mass is 260 g/mol. The Bertz CT molecular complexity index is 323. The van der Waals surface area contributed by atoms with E-state index in [-0.39, 0.29) is 5.92 Å². The normalized spacial score (nSPS) is 22.0. The second kappa shape index (κ2) is 4.91. The largest absolute Gasteiger partial charge is 0.400 e. The first-order valence-corrected chi connectivity index (χ1v) is 6.68. The smallest absolute Gasteiger partial charge is 0.281 e. The van der Waals surface area contributed by atoms with Crippen LogP contribution in [0.5, 0.6) is 0 Å². The molecule has 7 heteroatoms. The molecule has 1 fully saturated rings. The Morgan fingerprint density at radius 1 is 1.25 bits per heavy atom. The highest BCUT2D eigenvalue weighted by Crippen LogP contribution is 2.35. The Hall–Kier alpha value is -0.300. The summed E-state index contributed by atoms with van der Waals surface area (Å²) in [5.74, 6) is -0.212. The fourth-order valence-electron chi connectivity index (χ4n) is 2.01. The van der Waals surface area contributed by atoms with Crippen molar-refractivity contribution < 1.29 is 26.1 Å². The minimum Gasteiger partial charge on any atom is -0.281 e. The zero-order valence-electron chi connectivity index (χ0n) is 8.70. The summed E-state index contributed by atoms with van der Waals surface area (Å²) in [6.45, 7) is 0. The quantitative estimate of drug-likeness (QED) is 0.791. The predicted molar refractivity (Wildman–Crippen MR) is 52.6 cm³/mol. The maximum Gasteiger partial charge on any atom is 0.400 e. The van der Waals surface area contributed by atoms with Crippen LogP contribution in [0.15, 0.2) is 0 Å². The molecule has 96 valence electrons. The van der Waals surface area contributed by atoms with Crippen molar-refractivity contribution in [1.82, 2.24) is 0 Å². The van der Waals surface area contributed by atoms with Gasteiger partial charge in [0, 0.05) is 0 Å². The molecule has 1 N–H and O–H groups in total. The first kappa shape index (κ1) is 13.8. The van der Waals surface area contributed by atoms with Crippen molar-refractivity contribution >= 4 is 10.1 Å². The highest BCUT2D eigenvalue weighted by Gasteiger charge is 2.52. The van der Waals surface area contributed by atoms with Gasteiger partial charge in [-0.05, 0) is 12.3 Å². The van der Waals surface area contributed by atoms with Gasteiger partial charge in [0.1, 0.15) is 0 Å². The predicted octanol–water partition coefficient (Wildman–Crippen LogP) is 2.78. The van der Waals surface area contributed by atoms with Gasteiger partial charge in [0.2, 0.25) is 0 Å². The van der Waals surface area contributed by atoms with Crippen LogP contribution in [-0.4, -0.2) is 24.4 Å². The number of alkyl halides is 3. The SMILES string of the molecule is O=S(=O)(O)C(F)(F)C(F)CC1CCCCC1. The highest BCUT2D eigenvalue weighted by molar-refractivity contribution is 7.86. The molecule has 0 saturated heterocycles. The van der Waals surface area contributed by atoms with Crippen LogP contribution in [0.1, 0.15) is 38.5 Å². The lowest BCUT2D eigenvalue weighted by atomic mass is 9.86. The Labute approximate surface area is 92.8 Å². The van der Waals surface area contributed by atoms with Gasteiger partial charge < -0.3 is 0 Å². The van der Waals surface area contributed by atoms with Gasteiger partial charge in [-0.1, -0.05) is 32.1 Å². The molecule has 1 atom stereocenters. The van der Waals surface area contributed by atoms with Crippen LogP contribution in [0.2, 0.25) is 0 Å². The van der Waals surface area contributed by atoms with Crippen LogP contribution in [0, 0.1) is 5.92 Å². The van der Waals surface area contributed by atoms with Gasteiger partial charge in [-0.25, -0.2) is 4.39 Å². The fraction of sp³-hybridized carbons (Fsp3) is 1.00. The van der Waals surface area contributed by atoms with Crippen molar-refractivity contribution in [2.45, 2.75) is 50.0 Å². The molecule has 0 heterocycles. The summed E-state index contributed by atoms with van der Waals surface area (Å²) in [6.07, 6.45) is 0.660. The summed E-state index contributed by atoms with van der Waals surface area (Å²) in [6, 6.07) is 0. The van der Waals surface area contributed by atoms with Gasteiger partial charge >= 0.3 is 15.4 Å². The molecule has 1 unspecified atom stereocenters. The summed E-state index contributed by atoms with van der Waals surface area (Å²) in [4.78, 5) is 0. The van der Waals surface area contributed by atoms with E-state index in [1.165, 1.54) is 0 Å². The van der Waals surface area contributed by atoms with E-state index in [0.717, 1.165) is 19.3 Å². The van der Waals surface area contributed by atoms with Crippen LogP contribution < -0.4 is 0 Å². The molecular weight excluding hydrogens is 245 g/mol. The molecule has 0 amide bonds. The standard InChI is InChI=1S/C9H15F3O3S/c10-8(9(11,12)16(13,14)15)6-7-4-2-1-3-5-7/h7-8H,1-6H2,(H,13,14,15). The molecular formula is C9H15F3O3S. The van der Waals surface area contributed by atoms with E-state index < -0.39 is 28.0 Å². The van der Waals surface area contributed by atoms with E-state index in [2.05, 4.69) is 0 Å². The van der Waals surface area contributed by atoms with Crippen LogP contribution in [0.3, 0.4) is 0 Å². The summed E-state index contributed by atoms with van der Waals surface area (Å²) in [7, 11) is -5.66. The van der Waals surface area contributed by atoms with Gasteiger partial charge in [0.15, 0.2) is 6.17 Å². The molecule has 1 rings (SSSR count). The van der Waals surface area contributed by atoms with Crippen LogP contribution in [-0.2, 0) is 10.1 Å². The third-order valence-electron chi connectivity index (χ3n) is 2.97. The summed E-state index contributed by atoms with van der Waals surface area (Å²) >= 11 is 0. The second-order valence-corrected chi connectivity index (χ2v) is 5.74. The third kappa shape index (κ3) is 3.10. The van der Waals surface area contributed by atoms with E-state index >= 15 is 0 Å². The summed E-state index contributed by atoms with van der Waals surface area (Å²) < 4.78 is 67.7. The van der Waals surface area contributed by atoms with Crippen LogP contribution in [0.4, 0.5) is 13.2 Å². The topological polar surface area (TPSA) is 54.4 Å². The van der Waals surface area contributed by atoms with Gasteiger partial charge in [-0.3, -0.25) is 4.55 Å². The maximum absolute atomic E-state index is 13.2. The zero-order chi connectivity index (χ0) is 12.4. The molecule has 16 heavy (non-hydrogen) atoms. The van der Waals surface area contributed by atoms with Crippen molar-refractivity contribution in [2.75, 3.05) is 0 Å². The molecule has 0 aromatic heterocycles. The van der Waals surface area contributed by atoms with Crippen molar-refractivity contribution in [1.29, 1.82) is 0 Å². The number of hydrogen-bond acceptors (Lipinski definition) is 2. The van der Waals surface area contributed by atoms with E-state index in [4.69, 9.17) is 4.55 Å². The van der Waals surface area contributed by atoms with E-state index in [9.17, 15) is 21.6 Å². The third-order valence-corrected chi connectivity index (χ3v) is 3.92. The molecule has 0 spiro atoms. The van der Waals surface area contributed by atoms with Crippen LogP contribution in [0.25, 0.3) is 0 Å². The zero-order valence-corrected chi connectivity index (χ0v) is 9.52. The molecule has 1 aliphatic carbocycles. The maximum atomic E-state index is 13.2. The molecule has 3 nitrogen and oxygen atoms in total. The van der Waals surface area contributed by atoms with Crippen molar-refractivity contribution in [3.05, 3.63) is 0 Å². The van der Waals surface area contributed by atoms with Crippen molar-refractivity contribution in [2.24, 2.45) is 5.92 Å². The lowest BCUT2D eigenvalue weighted by molar-refractivity contribution is -0.0153. The minimum atomic E-state index is -5.66. The lowest BCUT2D eigenvalue weighted by Gasteiger charge is -2.25. The van der Waals surface area contributed by atoms with Crippen molar-refractivity contribution in [3.63, 3.8) is 0 Å². The average Bonchev–Trinajstić information content (AvgIpc) is 2.17. The second-order valence-electron chi connectivity index (χ2n) is 4.24. The molecule has 0 aliphatic heterocycles. The lowest BCUT2D eigenvalue weighted by Crippen LogP contribution is -2.39. The Morgan fingerprint density at radius 2 is 1.75 bits per heavy atom. The number of rotatable bonds is 4. The molecule has 0 radical (unpaired) electrons. The molecule has 1 aliphatic rings. The minimum absolute atomic E-state index is 0.212. The molecule has 0 bridgehead atoms. The van der Waals surface area contributed by atoms with Gasteiger partial charge in [0.05, 0.1) is 0 Å². The van der Waals surface area contributed by atoms with Gasteiger partial charge in [-0.15, -0.1) is 0 Å². The van der Waals surface area contributed by atoms with Gasteiger partial charge in [0.25, 0.3) is 0 Å². The molecule has 1 saturated carbocycles. The summed E-state index contributed by atoms with van der Waals surface area (Å²) in [5, 5.41) is -4.69. The molecule has 0 aromatic carbocycles. The Kier molecular flexibility index (Phi) is 4.23. The van der Waals surface area contributed by atoms with E-state index in [0.29, 0.717) is 12.8 Å². The molecule has 0 aromatic rings. The first-order chi connectivity index (χ1) is 7.25. The van der Waals surface area contributed by atoms with E-state index in [1.807, 2.05) is 0 Å².